The summed E-state index contributed by atoms with van der Waals surface area (Å²) in [6.07, 6.45) is 3.48. The van der Waals surface area contributed by atoms with Crippen LogP contribution in [0.15, 0.2) is 16.9 Å². The van der Waals surface area contributed by atoms with E-state index in [-0.39, 0.29) is 0 Å². The van der Waals surface area contributed by atoms with Crippen molar-refractivity contribution in [1.82, 2.24) is 19.9 Å². The van der Waals surface area contributed by atoms with Gasteiger partial charge in [0.2, 0.25) is 5.95 Å². The first kappa shape index (κ1) is 10.8. The third kappa shape index (κ3) is 3.12. The molecule has 0 atom stereocenters. The minimum Gasteiger partial charge on any atom is -0.304 e. The van der Waals surface area contributed by atoms with E-state index in [4.69, 9.17) is 0 Å². The summed E-state index contributed by atoms with van der Waals surface area (Å²) in [6.45, 7) is 4.14. The zero-order chi connectivity index (χ0) is 10.7. The lowest BCUT2D eigenvalue weighted by atomic mass is 10.4. The zero-order valence-corrected chi connectivity index (χ0v) is 10.2. The van der Waals surface area contributed by atoms with E-state index in [1.165, 1.54) is 0 Å². The number of aromatic nitrogens is 2. The van der Waals surface area contributed by atoms with Crippen LogP contribution in [0.1, 0.15) is 0 Å². The topological polar surface area (TPSA) is 44.3 Å². The fraction of sp³-hybridized carbons (Fsp3) is 0.556. The first-order valence-electron chi connectivity index (χ1n) is 4.92. The second-order valence-corrected chi connectivity index (χ2v) is 4.54. The summed E-state index contributed by atoms with van der Waals surface area (Å²) >= 11 is 3.31. The molecule has 1 N–H and O–H groups in total. The van der Waals surface area contributed by atoms with Crippen molar-refractivity contribution in [3.05, 3.63) is 16.9 Å². The molecule has 0 radical (unpaired) electrons. The minimum atomic E-state index is 0.655. The molecule has 0 unspecified atom stereocenters. The van der Waals surface area contributed by atoms with Crippen LogP contribution in [0.25, 0.3) is 0 Å². The second kappa shape index (κ2) is 4.87. The maximum absolute atomic E-state index is 4.17. The quantitative estimate of drug-likeness (QED) is 0.863. The minimum absolute atomic E-state index is 0.655. The summed E-state index contributed by atoms with van der Waals surface area (Å²) in [5, 5.41) is 2.14. The van der Waals surface area contributed by atoms with Gasteiger partial charge in [0, 0.05) is 38.6 Å². The van der Waals surface area contributed by atoms with Gasteiger partial charge in [-0.05, 0) is 23.0 Å². The van der Waals surface area contributed by atoms with Gasteiger partial charge < -0.3 is 4.90 Å². The highest BCUT2D eigenvalue weighted by molar-refractivity contribution is 9.10. The SMILES string of the molecule is CN1CCN(Nc2ncc(Br)cn2)CC1. The molecule has 1 saturated heterocycles. The van der Waals surface area contributed by atoms with E-state index in [2.05, 4.69) is 48.3 Å². The van der Waals surface area contributed by atoms with Crippen molar-refractivity contribution in [2.75, 3.05) is 38.7 Å². The molecule has 82 valence electrons. The van der Waals surface area contributed by atoms with Crippen molar-refractivity contribution in [3.63, 3.8) is 0 Å². The van der Waals surface area contributed by atoms with Crippen molar-refractivity contribution in [2.45, 2.75) is 0 Å². The third-order valence-electron chi connectivity index (χ3n) is 2.38. The smallest absolute Gasteiger partial charge is 0.237 e. The van der Waals surface area contributed by atoms with Crippen LogP contribution in [0, 0.1) is 0 Å². The average Bonchev–Trinajstić information content (AvgIpc) is 2.25. The summed E-state index contributed by atoms with van der Waals surface area (Å²) in [4.78, 5) is 10.6. The zero-order valence-electron chi connectivity index (χ0n) is 8.65. The Balaban J connectivity index is 1.89. The fourth-order valence-electron chi connectivity index (χ4n) is 1.43. The van der Waals surface area contributed by atoms with Crippen molar-refractivity contribution in [1.29, 1.82) is 0 Å². The molecule has 0 saturated carbocycles. The molecule has 0 bridgehead atoms. The largest absolute Gasteiger partial charge is 0.304 e. The van der Waals surface area contributed by atoms with Gasteiger partial charge in [-0.1, -0.05) is 0 Å². The van der Waals surface area contributed by atoms with Crippen LogP contribution in [-0.2, 0) is 0 Å². The molecule has 1 aromatic rings. The molecule has 1 aromatic heterocycles. The van der Waals surface area contributed by atoms with Crippen LogP contribution in [0.2, 0.25) is 0 Å². The van der Waals surface area contributed by atoms with Crippen molar-refractivity contribution < 1.29 is 0 Å². The Morgan fingerprint density at radius 2 is 1.80 bits per heavy atom. The molecule has 1 aliphatic rings. The number of anilines is 1. The van der Waals surface area contributed by atoms with Gasteiger partial charge >= 0.3 is 0 Å². The highest BCUT2D eigenvalue weighted by Gasteiger charge is 2.13. The molecule has 2 heterocycles. The number of piperazine rings is 1. The molecule has 5 nitrogen and oxygen atoms in total. The van der Waals surface area contributed by atoms with Crippen LogP contribution < -0.4 is 5.43 Å². The van der Waals surface area contributed by atoms with Crippen LogP contribution >= 0.6 is 15.9 Å². The number of nitrogens with one attached hydrogen (secondary N) is 1. The summed E-state index contributed by atoms with van der Waals surface area (Å²) in [7, 11) is 2.13. The third-order valence-corrected chi connectivity index (χ3v) is 2.79. The van der Waals surface area contributed by atoms with Crippen LogP contribution in [0.4, 0.5) is 5.95 Å². The number of rotatable bonds is 2. The van der Waals surface area contributed by atoms with E-state index >= 15 is 0 Å². The van der Waals surface area contributed by atoms with Crippen LogP contribution in [0.5, 0.6) is 0 Å². The molecule has 1 fully saturated rings. The van der Waals surface area contributed by atoms with Crippen molar-refractivity contribution in [3.8, 4) is 0 Å². The van der Waals surface area contributed by atoms with Gasteiger partial charge in [-0.25, -0.2) is 15.0 Å². The highest BCUT2D eigenvalue weighted by Crippen LogP contribution is 2.08. The lowest BCUT2D eigenvalue weighted by Gasteiger charge is -2.32. The van der Waals surface area contributed by atoms with Gasteiger partial charge in [-0.3, -0.25) is 5.43 Å². The number of hydrogen-bond donors (Lipinski definition) is 1. The van der Waals surface area contributed by atoms with Crippen molar-refractivity contribution >= 4 is 21.9 Å². The Labute approximate surface area is 97.6 Å². The molecule has 6 heteroatoms. The van der Waals surface area contributed by atoms with E-state index in [0.717, 1.165) is 30.7 Å². The Morgan fingerprint density at radius 3 is 2.40 bits per heavy atom. The number of hydrogen-bond acceptors (Lipinski definition) is 5. The lowest BCUT2D eigenvalue weighted by molar-refractivity contribution is 0.178. The summed E-state index contributed by atoms with van der Waals surface area (Å²) in [5.41, 5.74) is 3.19. The predicted octanol–water partition coefficient (Wildman–Crippen LogP) is 0.813. The lowest BCUT2D eigenvalue weighted by Crippen LogP contribution is -2.47. The number of halogens is 1. The van der Waals surface area contributed by atoms with Gasteiger partial charge in [-0.2, -0.15) is 0 Å². The molecule has 0 aliphatic carbocycles. The molecule has 0 amide bonds. The highest BCUT2D eigenvalue weighted by atomic mass is 79.9. The predicted molar refractivity (Wildman–Crippen MR) is 62.4 cm³/mol. The monoisotopic (exact) mass is 271 g/mol. The Hall–Kier alpha value is -0.720. The van der Waals surface area contributed by atoms with E-state index < -0.39 is 0 Å². The maximum Gasteiger partial charge on any atom is 0.237 e. The van der Waals surface area contributed by atoms with E-state index in [1.807, 2.05) is 0 Å². The van der Waals surface area contributed by atoms with E-state index in [0.29, 0.717) is 5.95 Å². The first-order valence-corrected chi connectivity index (χ1v) is 5.71. The van der Waals surface area contributed by atoms with Gasteiger partial charge in [0.25, 0.3) is 0 Å². The standard InChI is InChI=1S/C9H14BrN5/c1-14-2-4-15(5-3-14)13-9-11-6-8(10)7-12-9/h6-7H,2-5H2,1H3,(H,11,12,13). The number of nitrogens with zero attached hydrogens (tertiary/aromatic N) is 4. The maximum atomic E-state index is 4.17. The summed E-state index contributed by atoms with van der Waals surface area (Å²) < 4.78 is 0.895. The Kier molecular flexibility index (Phi) is 3.50. The first-order chi connectivity index (χ1) is 7.24. The molecular formula is C9H14BrN5. The molecule has 0 spiro atoms. The van der Waals surface area contributed by atoms with Gasteiger partial charge in [0.05, 0.1) is 4.47 Å². The van der Waals surface area contributed by atoms with Gasteiger partial charge in [0.15, 0.2) is 0 Å². The molecule has 15 heavy (non-hydrogen) atoms. The van der Waals surface area contributed by atoms with Gasteiger partial charge in [0.1, 0.15) is 0 Å². The van der Waals surface area contributed by atoms with E-state index in [9.17, 15) is 0 Å². The fourth-order valence-corrected chi connectivity index (χ4v) is 1.63. The molecule has 1 aliphatic heterocycles. The molecule has 0 aromatic carbocycles. The molecular weight excluding hydrogens is 258 g/mol. The Bertz CT molecular complexity index is 307. The normalized spacial score (nSPS) is 19.1. The van der Waals surface area contributed by atoms with Crippen molar-refractivity contribution in [2.24, 2.45) is 0 Å². The summed E-state index contributed by atoms with van der Waals surface area (Å²) in [5.74, 6) is 0.655. The number of hydrazine groups is 1. The average molecular weight is 272 g/mol. The van der Waals surface area contributed by atoms with Crippen LogP contribution in [-0.4, -0.2) is 53.1 Å². The summed E-state index contributed by atoms with van der Waals surface area (Å²) in [6, 6.07) is 0. The molecule has 2 rings (SSSR count). The number of likely N-dealkylation sites (N-methyl/N-ethyl adjacent to an activating group) is 1. The van der Waals surface area contributed by atoms with Gasteiger partial charge in [-0.15, -0.1) is 0 Å². The second-order valence-electron chi connectivity index (χ2n) is 3.63. The van der Waals surface area contributed by atoms with Crippen LogP contribution in [0.3, 0.4) is 0 Å². The Morgan fingerprint density at radius 1 is 1.20 bits per heavy atom. The van der Waals surface area contributed by atoms with E-state index in [1.54, 1.807) is 12.4 Å².